The molecule has 1 aromatic heterocycles. The Balaban J connectivity index is 1.78. The van der Waals surface area contributed by atoms with Crippen molar-refractivity contribution in [3.8, 4) is 5.75 Å². The Hall–Kier alpha value is -2.95. The van der Waals surface area contributed by atoms with Crippen molar-refractivity contribution in [2.24, 2.45) is 0 Å². The molecule has 1 heterocycles. The summed E-state index contributed by atoms with van der Waals surface area (Å²) >= 11 is 0. The van der Waals surface area contributed by atoms with Gasteiger partial charge in [-0.25, -0.2) is 9.97 Å². The number of benzene rings is 2. The summed E-state index contributed by atoms with van der Waals surface area (Å²) in [5, 5.41) is 1.01. The highest BCUT2D eigenvalue weighted by atomic mass is 16.5. The van der Waals surface area contributed by atoms with Crippen LogP contribution >= 0.6 is 0 Å². The number of fused-ring (bicyclic) bond motifs is 1. The van der Waals surface area contributed by atoms with Crippen LogP contribution in [0.25, 0.3) is 10.9 Å². The molecule has 0 atom stereocenters. The standard InChI is InChI=1S/C22H25N3O2/c1-4-18(26)10-8-14-27-19-11-7-9-17(15-19)25(3)22-20-12-5-6-13-21(20)23-16(2)24-22/h5-7,9,11-13,15H,4,8,10,14H2,1-3H3. The topological polar surface area (TPSA) is 55.3 Å². The highest BCUT2D eigenvalue weighted by Gasteiger charge is 2.12. The summed E-state index contributed by atoms with van der Waals surface area (Å²) in [6, 6.07) is 15.9. The van der Waals surface area contributed by atoms with Crippen LogP contribution in [-0.4, -0.2) is 29.4 Å². The number of aromatic nitrogens is 2. The summed E-state index contributed by atoms with van der Waals surface area (Å²) in [5.41, 5.74) is 1.92. The maximum Gasteiger partial charge on any atom is 0.144 e. The van der Waals surface area contributed by atoms with Crippen LogP contribution in [-0.2, 0) is 4.79 Å². The molecule has 0 fully saturated rings. The van der Waals surface area contributed by atoms with E-state index in [1.165, 1.54) is 0 Å². The minimum atomic E-state index is 0.276. The maximum atomic E-state index is 11.4. The molecule has 0 saturated heterocycles. The van der Waals surface area contributed by atoms with E-state index in [2.05, 4.69) is 9.97 Å². The minimum absolute atomic E-state index is 0.276. The Labute approximate surface area is 160 Å². The van der Waals surface area contributed by atoms with E-state index in [9.17, 15) is 4.79 Å². The van der Waals surface area contributed by atoms with Gasteiger partial charge in [0.1, 0.15) is 23.2 Å². The lowest BCUT2D eigenvalue weighted by Crippen LogP contribution is -2.13. The van der Waals surface area contributed by atoms with Crippen molar-refractivity contribution in [2.75, 3.05) is 18.6 Å². The van der Waals surface area contributed by atoms with Gasteiger partial charge in [0.2, 0.25) is 0 Å². The zero-order valence-corrected chi connectivity index (χ0v) is 16.1. The van der Waals surface area contributed by atoms with Gasteiger partial charge in [0.25, 0.3) is 0 Å². The number of carbonyl (C=O) groups excluding carboxylic acids is 1. The fourth-order valence-corrected chi connectivity index (χ4v) is 2.97. The quantitative estimate of drug-likeness (QED) is 0.536. The molecule has 0 aliphatic rings. The van der Waals surface area contributed by atoms with Gasteiger partial charge in [0.15, 0.2) is 0 Å². The fraction of sp³-hybridized carbons (Fsp3) is 0.318. The molecule has 0 unspecified atom stereocenters. The Morgan fingerprint density at radius 3 is 2.74 bits per heavy atom. The second kappa shape index (κ2) is 8.62. The largest absolute Gasteiger partial charge is 0.494 e. The third-order valence-corrected chi connectivity index (χ3v) is 4.48. The van der Waals surface area contributed by atoms with Crippen LogP contribution in [0.4, 0.5) is 11.5 Å². The molecule has 0 aliphatic heterocycles. The Bertz CT molecular complexity index is 940. The van der Waals surface area contributed by atoms with Crippen LogP contribution in [0, 0.1) is 6.92 Å². The predicted octanol–water partition coefficient (Wildman–Crippen LogP) is 4.84. The summed E-state index contributed by atoms with van der Waals surface area (Å²) < 4.78 is 5.83. The van der Waals surface area contributed by atoms with Crippen molar-refractivity contribution >= 4 is 28.2 Å². The molecule has 3 aromatic rings. The van der Waals surface area contributed by atoms with Gasteiger partial charge in [0.05, 0.1) is 12.1 Å². The van der Waals surface area contributed by atoms with Gasteiger partial charge < -0.3 is 9.64 Å². The van der Waals surface area contributed by atoms with Gasteiger partial charge in [-0.2, -0.15) is 0 Å². The minimum Gasteiger partial charge on any atom is -0.494 e. The average molecular weight is 363 g/mol. The summed E-state index contributed by atoms with van der Waals surface area (Å²) in [7, 11) is 1.99. The van der Waals surface area contributed by atoms with Crippen molar-refractivity contribution in [1.29, 1.82) is 0 Å². The summed E-state index contributed by atoms with van der Waals surface area (Å²) in [6.07, 6.45) is 1.90. The van der Waals surface area contributed by atoms with Crippen LogP contribution < -0.4 is 9.64 Å². The molecule has 0 aliphatic carbocycles. The number of Topliss-reactive ketones (excluding diaryl/α,β-unsaturated/α-hetero) is 1. The van der Waals surface area contributed by atoms with Gasteiger partial charge >= 0.3 is 0 Å². The van der Waals surface area contributed by atoms with Crippen molar-refractivity contribution < 1.29 is 9.53 Å². The number of hydrogen-bond donors (Lipinski definition) is 0. The van der Waals surface area contributed by atoms with Crippen LogP contribution in [0.15, 0.2) is 48.5 Å². The zero-order chi connectivity index (χ0) is 19.2. The normalized spacial score (nSPS) is 10.8. The van der Waals surface area contributed by atoms with Crippen molar-refractivity contribution in [2.45, 2.75) is 33.1 Å². The molecule has 0 spiro atoms. The second-order valence-corrected chi connectivity index (χ2v) is 6.51. The summed E-state index contributed by atoms with van der Waals surface area (Å²) in [6.45, 7) is 4.33. The molecule has 140 valence electrons. The first-order valence-electron chi connectivity index (χ1n) is 9.30. The van der Waals surface area contributed by atoms with Gasteiger partial charge in [0, 0.05) is 37.0 Å². The Kier molecular flexibility index (Phi) is 6.01. The molecule has 2 aromatic carbocycles. The molecule has 5 heteroatoms. The van der Waals surface area contributed by atoms with Crippen LogP contribution in [0.5, 0.6) is 5.75 Å². The number of anilines is 2. The SMILES string of the molecule is CCC(=O)CCCOc1cccc(N(C)c2nc(C)nc3ccccc23)c1. The first-order valence-corrected chi connectivity index (χ1v) is 9.30. The Morgan fingerprint density at radius 2 is 1.93 bits per heavy atom. The third kappa shape index (κ3) is 4.61. The summed E-state index contributed by atoms with van der Waals surface area (Å²) in [5.74, 6) is 2.67. The maximum absolute atomic E-state index is 11.4. The number of ether oxygens (including phenoxy) is 1. The lowest BCUT2D eigenvalue weighted by molar-refractivity contribution is -0.118. The van der Waals surface area contributed by atoms with E-state index >= 15 is 0 Å². The molecule has 0 bridgehead atoms. The van der Waals surface area contributed by atoms with Gasteiger partial charge in [-0.1, -0.05) is 25.1 Å². The number of para-hydroxylation sites is 1. The lowest BCUT2D eigenvalue weighted by Gasteiger charge is -2.21. The van der Waals surface area contributed by atoms with Gasteiger partial charge in [-0.05, 0) is 37.6 Å². The molecule has 0 N–H and O–H groups in total. The number of hydrogen-bond acceptors (Lipinski definition) is 5. The number of aryl methyl sites for hydroxylation is 1. The summed E-state index contributed by atoms with van der Waals surface area (Å²) in [4.78, 5) is 22.6. The fourth-order valence-electron chi connectivity index (χ4n) is 2.97. The third-order valence-electron chi connectivity index (χ3n) is 4.48. The first kappa shape index (κ1) is 18.8. The lowest BCUT2D eigenvalue weighted by atomic mass is 10.2. The molecule has 0 saturated carbocycles. The molecule has 5 nitrogen and oxygen atoms in total. The molecule has 27 heavy (non-hydrogen) atoms. The van der Waals surface area contributed by atoms with E-state index in [4.69, 9.17) is 4.74 Å². The van der Waals surface area contributed by atoms with E-state index in [-0.39, 0.29) is 5.78 Å². The van der Waals surface area contributed by atoms with Crippen molar-refractivity contribution in [3.05, 3.63) is 54.4 Å². The Morgan fingerprint density at radius 1 is 1.11 bits per heavy atom. The van der Waals surface area contributed by atoms with E-state index < -0.39 is 0 Å². The molecule has 0 amide bonds. The average Bonchev–Trinajstić information content (AvgIpc) is 2.70. The van der Waals surface area contributed by atoms with E-state index in [0.717, 1.165) is 40.4 Å². The molecular formula is C22H25N3O2. The van der Waals surface area contributed by atoms with Crippen molar-refractivity contribution in [1.82, 2.24) is 9.97 Å². The second-order valence-electron chi connectivity index (χ2n) is 6.51. The first-order chi connectivity index (χ1) is 13.1. The zero-order valence-electron chi connectivity index (χ0n) is 16.1. The molecular weight excluding hydrogens is 338 g/mol. The number of ketones is 1. The van der Waals surface area contributed by atoms with Gasteiger partial charge in [-0.3, -0.25) is 4.79 Å². The highest BCUT2D eigenvalue weighted by molar-refractivity contribution is 5.91. The number of nitrogens with zero attached hydrogens (tertiary/aromatic N) is 3. The monoisotopic (exact) mass is 363 g/mol. The van der Waals surface area contributed by atoms with Crippen LogP contribution in [0.1, 0.15) is 32.0 Å². The van der Waals surface area contributed by atoms with Crippen LogP contribution in [0.3, 0.4) is 0 Å². The number of carbonyl (C=O) groups is 1. The van der Waals surface area contributed by atoms with E-state index in [0.29, 0.717) is 19.4 Å². The van der Waals surface area contributed by atoms with Gasteiger partial charge in [-0.15, -0.1) is 0 Å². The highest BCUT2D eigenvalue weighted by Crippen LogP contribution is 2.30. The van der Waals surface area contributed by atoms with E-state index in [1.807, 2.05) is 74.3 Å². The number of rotatable bonds is 8. The van der Waals surface area contributed by atoms with E-state index in [1.54, 1.807) is 0 Å². The van der Waals surface area contributed by atoms with Crippen molar-refractivity contribution in [3.63, 3.8) is 0 Å². The predicted molar refractivity (Wildman–Crippen MR) is 109 cm³/mol. The molecule has 3 rings (SSSR count). The smallest absolute Gasteiger partial charge is 0.144 e. The molecule has 0 radical (unpaired) electrons. The van der Waals surface area contributed by atoms with Crippen LogP contribution in [0.2, 0.25) is 0 Å².